The molecule has 0 atom stereocenters. The minimum Gasteiger partial charge on any atom is -0.507 e. The first kappa shape index (κ1) is 17.1. The monoisotopic (exact) mass is 349 g/mol. The van der Waals surface area contributed by atoms with Gasteiger partial charge in [0, 0.05) is 17.7 Å². The summed E-state index contributed by atoms with van der Waals surface area (Å²) in [4.78, 5) is 22.1. The molecule has 7 heteroatoms. The molecule has 26 heavy (non-hydrogen) atoms. The Hall–Kier alpha value is -3.74. The second-order valence-corrected chi connectivity index (χ2v) is 5.61. The van der Waals surface area contributed by atoms with Crippen molar-refractivity contribution < 1.29 is 14.8 Å². The number of benzene rings is 3. The third kappa shape index (κ3) is 3.84. The maximum atomic E-state index is 11.9. The van der Waals surface area contributed by atoms with Crippen LogP contribution >= 0.6 is 0 Å². The van der Waals surface area contributed by atoms with Crippen LogP contribution in [0, 0.1) is 10.1 Å². The summed E-state index contributed by atoms with van der Waals surface area (Å²) in [6.07, 6.45) is 1.43. The second kappa shape index (κ2) is 7.43. The van der Waals surface area contributed by atoms with Gasteiger partial charge in [-0.05, 0) is 22.4 Å². The van der Waals surface area contributed by atoms with Gasteiger partial charge in [-0.1, -0.05) is 42.5 Å². The van der Waals surface area contributed by atoms with Crippen LogP contribution in [0.5, 0.6) is 5.75 Å². The van der Waals surface area contributed by atoms with Gasteiger partial charge in [-0.25, -0.2) is 5.43 Å². The van der Waals surface area contributed by atoms with E-state index in [2.05, 4.69) is 10.5 Å². The van der Waals surface area contributed by atoms with Gasteiger partial charge in [0.2, 0.25) is 5.91 Å². The summed E-state index contributed by atoms with van der Waals surface area (Å²) in [6.45, 7) is 0. The maximum Gasteiger partial charge on any atom is 0.269 e. The normalized spacial score (nSPS) is 10.9. The lowest BCUT2D eigenvalue weighted by molar-refractivity contribution is -0.384. The fraction of sp³-hybridized carbons (Fsp3) is 0.0526. The van der Waals surface area contributed by atoms with Crippen LogP contribution in [0.15, 0.2) is 65.8 Å². The molecule has 0 aliphatic rings. The number of nitrogens with zero attached hydrogens (tertiary/aromatic N) is 2. The van der Waals surface area contributed by atoms with E-state index >= 15 is 0 Å². The summed E-state index contributed by atoms with van der Waals surface area (Å²) in [6, 6.07) is 16.6. The third-order valence-electron chi connectivity index (χ3n) is 3.84. The number of rotatable bonds is 5. The van der Waals surface area contributed by atoms with Gasteiger partial charge in [-0.3, -0.25) is 14.9 Å². The summed E-state index contributed by atoms with van der Waals surface area (Å²) < 4.78 is 0. The van der Waals surface area contributed by atoms with E-state index in [0.717, 1.165) is 10.8 Å². The zero-order valence-electron chi connectivity index (χ0n) is 13.6. The number of phenolic OH excluding ortho intramolecular Hbond substituents is 1. The number of amides is 1. The van der Waals surface area contributed by atoms with Gasteiger partial charge in [0.05, 0.1) is 17.6 Å². The quantitative estimate of drug-likeness (QED) is 0.419. The highest BCUT2D eigenvalue weighted by atomic mass is 16.6. The molecule has 1 amide bonds. The van der Waals surface area contributed by atoms with E-state index in [1.165, 1.54) is 30.5 Å². The summed E-state index contributed by atoms with van der Waals surface area (Å²) in [5.74, 6) is -0.299. The van der Waals surface area contributed by atoms with Crippen molar-refractivity contribution in [3.63, 3.8) is 0 Å². The smallest absolute Gasteiger partial charge is 0.269 e. The van der Waals surface area contributed by atoms with Crippen molar-refractivity contribution in [2.75, 3.05) is 0 Å². The molecule has 0 bridgehead atoms. The van der Waals surface area contributed by atoms with Crippen LogP contribution in [0.1, 0.15) is 11.1 Å². The molecule has 0 aliphatic carbocycles. The number of hydrogen-bond acceptors (Lipinski definition) is 5. The Labute approximate surface area is 148 Å². The molecule has 0 aromatic heterocycles. The molecule has 0 radical (unpaired) electrons. The number of non-ortho nitro benzene ring substituents is 1. The molecule has 0 saturated heterocycles. The van der Waals surface area contributed by atoms with E-state index in [4.69, 9.17) is 0 Å². The predicted molar refractivity (Wildman–Crippen MR) is 98.1 cm³/mol. The van der Waals surface area contributed by atoms with Gasteiger partial charge in [-0.2, -0.15) is 5.10 Å². The standard InChI is InChI=1S/C19H15N3O4/c23-18-10-7-14-3-1-2-4-16(14)17(18)12-20-21-19(24)11-13-5-8-15(9-6-13)22(25)26/h1-10,12,23H,11H2,(H,21,24)/b20-12-. The number of nitro groups is 1. The van der Waals surface area contributed by atoms with E-state index in [9.17, 15) is 20.0 Å². The molecule has 0 spiro atoms. The lowest BCUT2D eigenvalue weighted by Gasteiger charge is -2.05. The van der Waals surface area contributed by atoms with Gasteiger partial charge in [0.1, 0.15) is 5.75 Å². The van der Waals surface area contributed by atoms with Crippen LogP contribution in [0.3, 0.4) is 0 Å². The lowest BCUT2D eigenvalue weighted by atomic mass is 10.0. The molecule has 0 aliphatic heterocycles. The van der Waals surface area contributed by atoms with Crippen molar-refractivity contribution >= 4 is 28.6 Å². The number of carbonyl (C=O) groups is 1. The number of hydrazone groups is 1. The molecule has 0 fully saturated rings. The average Bonchev–Trinajstić information content (AvgIpc) is 2.64. The second-order valence-electron chi connectivity index (χ2n) is 5.61. The summed E-state index contributed by atoms with van der Waals surface area (Å²) in [5.41, 5.74) is 3.51. The Kier molecular flexibility index (Phi) is 4.89. The van der Waals surface area contributed by atoms with Crippen LogP contribution in [0.2, 0.25) is 0 Å². The van der Waals surface area contributed by atoms with Gasteiger partial charge < -0.3 is 5.11 Å². The van der Waals surface area contributed by atoms with Crippen molar-refractivity contribution in [1.82, 2.24) is 5.43 Å². The zero-order valence-corrected chi connectivity index (χ0v) is 13.6. The number of fused-ring (bicyclic) bond motifs is 1. The summed E-state index contributed by atoms with van der Waals surface area (Å²) in [7, 11) is 0. The van der Waals surface area contributed by atoms with Crippen molar-refractivity contribution in [1.29, 1.82) is 0 Å². The largest absolute Gasteiger partial charge is 0.507 e. The fourth-order valence-corrected chi connectivity index (χ4v) is 2.55. The Morgan fingerprint density at radius 2 is 1.85 bits per heavy atom. The maximum absolute atomic E-state index is 11.9. The van der Waals surface area contributed by atoms with Crippen molar-refractivity contribution in [3.8, 4) is 5.75 Å². The van der Waals surface area contributed by atoms with Gasteiger partial charge in [0.25, 0.3) is 5.69 Å². The van der Waals surface area contributed by atoms with Crippen LogP contribution in [0.4, 0.5) is 5.69 Å². The van der Waals surface area contributed by atoms with Gasteiger partial charge in [0.15, 0.2) is 0 Å². The molecular weight excluding hydrogens is 334 g/mol. The molecule has 3 aromatic rings. The minimum absolute atomic E-state index is 0.0291. The van der Waals surface area contributed by atoms with E-state index in [1.807, 2.05) is 24.3 Å². The first-order valence-electron chi connectivity index (χ1n) is 7.80. The highest BCUT2D eigenvalue weighted by Gasteiger charge is 2.07. The lowest BCUT2D eigenvalue weighted by Crippen LogP contribution is -2.19. The highest BCUT2D eigenvalue weighted by Crippen LogP contribution is 2.25. The summed E-state index contributed by atoms with van der Waals surface area (Å²) >= 11 is 0. The molecule has 3 aromatic carbocycles. The fourth-order valence-electron chi connectivity index (χ4n) is 2.55. The minimum atomic E-state index is -0.495. The van der Waals surface area contributed by atoms with Crippen LogP contribution in [-0.4, -0.2) is 22.2 Å². The van der Waals surface area contributed by atoms with Crippen molar-refractivity contribution in [2.24, 2.45) is 5.10 Å². The SMILES string of the molecule is O=C(Cc1ccc([N+](=O)[O-])cc1)N/N=C\c1c(O)ccc2ccccc12. The first-order chi connectivity index (χ1) is 12.5. The van der Waals surface area contributed by atoms with E-state index in [-0.39, 0.29) is 23.8 Å². The molecule has 2 N–H and O–H groups in total. The molecule has 0 unspecified atom stereocenters. The van der Waals surface area contributed by atoms with Gasteiger partial charge in [-0.15, -0.1) is 0 Å². The third-order valence-corrected chi connectivity index (χ3v) is 3.84. The number of nitro benzene ring substituents is 1. The van der Waals surface area contributed by atoms with Gasteiger partial charge >= 0.3 is 0 Å². The average molecular weight is 349 g/mol. The van der Waals surface area contributed by atoms with E-state index < -0.39 is 4.92 Å². The Balaban J connectivity index is 1.68. The molecule has 7 nitrogen and oxygen atoms in total. The number of nitrogens with one attached hydrogen (secondary N) is 1. The van der Waals surface area contributed by atoms with Crippen molar-refractivity contribution in [3.05, 3.63) is 81.9 Å². The summed E-state index contributed by atoms with van der Waals surface area (Å²) in [5, 5.41) is 26.3. The zero-order chi connectivity index (χ0) is 18.5. The number of hydrogen-bond donors (Lipinski definition) is 2. The molecule has 3 rings (SSSR count). The highest BCUT2D eigenvalue weighted by molar-refractivity contribution is 6.02. The number of aromatic hydroxyl groups is 1. The van der Waals surface area contributed by atoms with Crippen molar-refractivity contribution in [2.45, 2.75) is 6.42 Å². The topological polar surface area (TPSA) is 105 Å². The molecule has 130 valence electrons. The van der Waals surface area contributed by atoms with Crippen LogP contribution < -0.4 is 5.43 Å². The first-order valence-corrected chi connectivity index (χ1v) is 7.80. The number of phenols is 1. The predicted octanol–water partition coefficient (Wildman–Crippen LogP) is 3.15. The Morgan fingerprint density at radius 1 is 1.12 bits per heavy atom. The molecule has 0 saturated carbocycles. The number of carbonyl (C=O) groups excluding carboxylic acids is 1. The van der Waals surface area contributed by atoms with Crippen LogP contribution in [0.25, 0.3) is 10.8 Å². The molecule has 0 heterocycles. The van der Waals surface area contributed by atoms with Crippen LogP contribution in [-0.2, 0) is 11.2 Å². The van der Waals surface area contributed by atoms with E-state index in [1.54, 1.807) is 12.1 Å². The van der Waals surface area contributed by atoms with E-state index in [0.29, 0.717) is 11.1 Å². The Morgan fingerprint density at radius 3 is 2.58 bits per heavy atom. The molecular formula is C19H15N3O4. The Bertz CT molecular complexity index is 997.